The SMILES string of the molecule is CCCCCCCC(=O)OCC(=O)O. The van der Waals surface area contributed by atoms with Crippen LogP contribution < -0.4 is 0 Å². The van der Waals surface area contributed by atoms with Crippen molar-refractivity contribution in [1.82, 2.24) is 0 Å². The van der Waals surface area contributed by atoms with Crippen molar-refractivity contribution in [2.24, 2.45) is 0 Å². The number of unbranched alkanes of at least 4 members (excludes halogenated alkanes) is 4. The van der Waals surface area contributed by atoms with Crippen LogP contribution in [0.1, 0.15) is 45.4 Å². The predicted octanol–water partition coefficient (Wildman–Crippen LogP) is 1.97. The number of carbonyl (C=O) groups excluding carboxylic acids is 1. The maximum Gasteiger partial charge on any atom is 0.341 e. The number of carboxylic acids is 1. The normalized spacial score (nSPS) is 9.79. The van der Waals surface area contributed by atoms with Gasteiger partial charge in [0.25, 0.3) is 0 Å². The van der Waals surface area contributed by atoms with Gasteiger partial charge in [-0.25, -0.2) is 4.79 Å². The molecule has 0 aliphatic heterocycles. The van der Waals surface area contributed by atoms with Crippen molar-refractivity contribution in [2.45, 2.75) is 45.4 Å². The van der Waals surface area contributed by atoms with Gasteiger partial charge in [-0.3, -0.25) is 4.79 Å². The van der Waals surface area contributed by atoms with E-state index < -0.39 is 18.5 Å². The molecule has 0 aromatic heterocycles. The average Bonchev–Trinajstić information content (AvgIpc) is 2.14. The summed E-state index contributed by atoms with van der Waals surface area (Å²) in [5.74, 6) is -1.52. The van der Waals surface area contributed by atoms with E-state index >= 15 is 0 Å². The molecule has 4 heteroatoms. The zero-order chi connectivity index (χ0) is 10.8. The van der Waals surface area contributed by atoms with Crippen LogP contribution in [0.3, 0.4) is 0 Å². The Kier molecular flexibility index (Phi) is 7.89. The van der Waals surface area contributed by atoms with Gasteiger partial charge < -0.3 is 9.84 Å². The highest BCUT2D eigenvalue weighted by Gasteiger charge is 2.04. The summed E-state index contributed by atoms with van der Waals surface area (Å²) in [6.45, 7) is 1.61. The van der Waals surface area contributed by atoms with Crippen LogP contribution in [-0.4, -0.2) is 23.7 Å². The summed E-state index contributed by atoms with van der Waals surface area (Å²) >= 11 is 0. The Hall–Kier alpha value is -1.06. The van der Waals surface area contributed by atoms with Gasteiger partial charge in [-0.1, -0.05) is 32.6 Å². The number of carboxylic acid groups (broad SMARTS) is 1. The number of ether oxygens (including phenoxy) is 1. The Morgan fingerprint density at radius 1 is 1.14 bits per heavy atom. The van der Waals surface area contributed by atoms with Crippen molar-refractivity contribution < 1.29 is 19.4 Å². The highest BCUT2D eigenvalue weighted by molar-refractivity contribution is 5.75. The van der Waals surface area contributed by atoms with Crippen LogP contribution in [0.5, 0.6) is 0 Å². The largest absolute Gasteiger partial charge is 0.479 e. The minimum absolute atomic E-state index is 0.330. The van der Waals surface area contributed by atoms with E-state index in [1.165, 1.54) is 12.8 Å². The Bertz CT molecular complexity index is 177. The summed E-state index contributed by atoms with van der Waals surface area (Å²) in [7, 11) is 0. The Morgan fingerprint density at radius 2 is 1.79 bits per heavy atom. The van der Waals surface area contributed by atoms with Gasteiger partial charge in [-0.2, -0.15) is 0 Å². The fraction of sp³-hybridized carbons (Fsp3) is 0.800. The highest BCUT2D eigenvalue weighted by Crippen LogP contribution is 2.05. The van der Waals surface area contributed by atoms with Crippen molar-refractivity contribution in [2.75, 3.05) is 6.61 Å². The molecule has 0 rings (SSSR count). The third-order valence-corrected chi connectivity index (χ3v) is 1.84. The van der Waals surface area contributed by atoms with Crippen molar-refractivity contribution in [1.29, 1.82) is 0 Å². The summed E-state index contributed by atoms with van der Waals surface area (Å²) in [6, 6.07) is 0. The molecule has 0 aromatic carbocycles. The molecule has 0 saturated heterocycles. The number of carbonyl (C=O) groups is 2. The van der Waals surface area contributed by atoms with Gasteiger partial charge in [0.05, 0.1) is 0 Å². The monoisotopic (exact) mass is 202 g/mol. The molecule has 4 nitrogen and oxygen atoms in total. The molecule has 82 valence electrons. The Labute approximate surface area is 84.3 Å². The lowest BCUT2D eigenvalue weighted by Crippen LogP contribution is -2.12. The summed E-state index contributed by atoms with van der Waals surface area (Å²) in [5, 5.41) is 8.23. The number of hydrogen-bond acceptors (Lipinski definition) is 3. The molecule has 0 atom stereocenters. The van der Waals surface area contributed by atoms with E-state index in [-0.39, 0.29) is 0 Å². The summed E-state index contributed by atoms with van der Waals surface area (Å²) < 4.78 is 4.47. The lowest BCUT2D eigenvalue weighted by Gasteiger charge is -2.01. The second-order valence-electron chi connectivity index (χ2n) is 3.22. The summed E-state index contributed by atoms with van der Waals surface area (Å²) in [5.41, 5.74) is 0. The van der Waals surface area contributed by atoms with Gasteiger partial charge >= 0.3 is 11.9 Å². The van der Waals surface area contributed by atoms with Crippen molar-refractivity contribution in [3.63, 3.8) is 0 Å². The summed E-state index contributed by atoms with van der Waals surface area (Å²) in [6.07, 6.45) is 5.61. The zero-order valence-electron chi connectivity index (χ0n) is 8.62. The molecule has 0 spiro atoms. The average molecular weight is 202 g/mol. The molecule has 0 fully saturated rings. The van der Waals surface area contributed by atoms with Crippen molar-refractivity contribution in [3.05, 3.63) is 0 Å². The fourth-order valence-corrected chi connectivity index (χ4v) is 1.09. The third-order valence-electron chi connectivity index (χ3n) is 1.84. The first-order valence-electron chi connectivity index (χ1n) is 5.04. The van der Waals surface area contributed by atoms with Crippen LogP contribution in [0.2, 0.25) is 0 Å². The second kappa shape index (κ2) is 8.53. The first kappa shape index (κ1) is 12.9. The first-order valence-corrected chi connectivity index (χ1v) is 5.04. The van der Waals surface area contributed by atoms with E-state index in [0.29, 0.717) is 6.42 Å². The molecule has 0 aliphatic carbocycles. The Morgan fingerprint density at radius 3 is 2.36 bits per heavy atom. The van der Waals surface area contributed by atoms with E-state index in [1.54, 1.807) is 0 Å². The zero-order valence-corrected chi connectivity index (χ0v) is 8.62. The summed E-state index contributed by atoms with van der Waals surface area (Å²) in [4.78, 5) is 20.9. The van der Waals surface area contributed by atoms with Crippen LogP contribution in [0.25, 0.3) is 0 Å². The standard InChI is InChI=1S/C10H18O4/c1-2-3-4-5-6-7-10(13)14-8-9(11)12/h2-8H2,1H3,(H,11,12). The third kappa shape index (κ3) is 9.03. The molecular formula is C10H18O4. The maximum absolute atomic E-state index is 10.9. The lowest BCUT2D eigenvalue weighted by atomic mass is 10.1. The molecule has 0 aliphatic rings. The van der Waals surface area contributed by atoms with Gasteiger partial charge in [0.15, 0.2) is 6.61 Å². The maximum atomic E-state index is 10.9. The molecule has 0 heterocycles. The topological polar surface area (TPSA) is 63.6 Å². The molecule has 0 aromatic rings. The van der Waals surface area contributed by atoms with E-state index in [4.69, 9.17) is 5.11 Å². The van der Waals surface area contributed by atoms with Crippen LogP contribution in [0.4, 0.5) is 0 Å². The highest BCUT2D eigenvalue weighted by atomic mass is 16.5. The van der Waals surface area contributed by atoms with Gasteiger partial charge in [0, 0.05) is 6.42 Å². The second-order valence-corrected chi connectivity index (χ2v) is 3.22. The van der Waals surface area contributed by atoms with E-state index in [9.17, 15) is 9.59 Å². The molecular weight excluding hydrogens is 184 g/mol. The van der Waals surface area contributed by atoms with Gasteiger partial charge in [-0.15, -0.1) is 0 Å². The molecule has 0 bridgehead atoms. The van der Waals surface area contributed by atoms with Crippen molar-refractivity contribution >= 4 is 11.9 Å². The predicted molar refractivity (Wildman–Crippen MR) is 52.0 cm³/mol. The molecule has 0 unspecified atom stereocenters. The first-order chi connectivity index (χ1) is 6.66. The Balaban J connectivity index is 3.22. The van der Waals surface area contributed by atoms with Crippen LogP contribution in [-0.2, 0) is 14.3 Å². The van der Waals surface area contributed by atoms with Gasteiger partial charge in [0.1, 0.15) is 0 Å². The van der Waals surface area contributed by atoms with E-state index in [1.807, 2.05) is 0 Å². The molecule has 14 heavy (non-hydrogen) atoms. The molecule has 0 radical (unpaired) electrons. The number of esters is 1. The smallest absolute Gasteiger partial charge is 0.341 e. The number of rotatable bonds is 8. The van der Waals surface area contributed by atoms with Crippen molar-refractivity contribution in [3.8, 4) is 0 Å². The number of hydrogen-bond donors (Lipinski definition) is 1. The lowest BCUT2D eigenvalue weighted by molar-refractivity contribution is -0.155. The molecule has 0 saturated carbocycles. The van der Waals surface area contributed by atoms with Crippen LogP contribution in [0.15, 0.2) is 0 Å². The molecule has 0 amide bonds. The number of aliphatic carboxylic acids is 1. The molecule has 1 N–H and O–H groups in total. The minimum atomic E-state index is -1.11. The van der Waals surface area contributed by atoms with E-state index in [2.05, 4.69) is 11.7 Å². The van der Waals surface area contributed by atoms with Crippen LogP contribution >= 0.6 is 0 Å². The van der Waals surface area contributed by atoms with Gasteiger partial charge in [-0.05, 0) is 6.42 Å². The fourth-order valence-electron chi connectivity index (χ4n) is 1.09. The quantitative estimate of drug-likeness (QED) is 0.483. The minimum Gasteiger partial charge on any atom is -0.479 e. The van der Waals surface area contributed by atoms with E-state index in [0.717, 1.165) is 19.3 Å². The van der Waals surface area contributed by atoms with Crippen LogP contribution in [0, 0.1) is 0 Å². The van der Waals surface area contributed by atoms with Gasteiger partial charge in [0.2, 0.25) is 0 Å².